The van der Waals surface area contributed by atoms with Gasteiger partial charge in [0.05, 0.1) is 11.4 Å². The molecule has 1 heterocycles. The first-order chi connectivity index (χ1) is 11.7. The molecule has 0 unspecified atom stereocenters. The molecule has 1 fully saturated rings. The fourth-order valence-electron chi connectivity index (χ4n) is 3.03. The molecule has 1 aliphatic rings. The SMILES string of the molecule is CC(C)CNc1ccc(C2CCN(C(=O)OC(C)(C)C)CC2)cc1N. The van der Waals surface area contributed by atoms with E-state index in [1.165, 1.54) is 5.56 Å². The zero-order chi connectivity index (χ0) is 18.6. The van der Waals surface area contributed by atoms with Gasteiger partial charge >= 0.3 is 6.09 Å². The fraction of sp³-hybridized carbons (Fsp3) is 0.650. The van der Waals surface area contributed by atoms with Crippen molar-refractivity contribution < 1.29 is 9.53 Å². The topological polar surface area (TPSA) is 67.6 Å². The summed E-state index contributed by atoms with van der Waals surface area (Å²) >= 11 is 0. The minimum absolute atomic E-state index is 0.210. The highest BCUT2D eigenvalue weighted by Crippen LogP contribution is 2.32. The van der Waals surface area contributed by atoms with Crippen LogP contribution in [0.5, 0.6) is 0 Å². The number of piperidine rings is 1. The van der Waals surface area contributed by atoms with Gasteiger partial charge in [-0.1, -0.05) is 19.9 Å². The third kappa shape index (κ3) is 5.83. The number of hydrogen-bond donors (Lipinski definition) is 2. The second-order valence-corrected chi connectivity index (χ2v) is 8.36. The molecule has 3 N–H and O–H groups in total. The first-order valence-corrected chi connectivity index (χ1v) is 9.27. The molecule has 0 aliphatic carbocycles. The van der Waals surface area contributed by atoms with E-state index in [1.54, 1.807) is 0 Å². The number of nitrogens with two attached hydrogens (primary N) is 1. The van der Waals surface area contributed by atoms with E-state index in [-0.39, 0.29) is 6.09 Å². The van der Waals surface area contributed by atoms with Crippen molar-refractivity contribution in [3.05, 3.63) is 23.8 Å². The smallest absolute Gasteiger partial charge is 0.410 e. The van der Waals surface area contributed by atoms with Crippen molar-refractivity contribution in [3.8, 4) is 0 Å². The number of carbonyl (C=O) groups is 1. The molecule has 140 valence electrons. The van der Waals surface area contributed by atoms with Crippen LogP contribution >= 0.6 is 0 Å². The maximum absolute atomic E-state index is 12.2. The van der Waals surface area contributed by atoms with Crippen molar-refractivity contribution >= 4 is 17.5 Å². The lowest BCUT2D eigenvalue weighted by molar-refractivity contribution is 0.0205. The van der Waals surface area contributed by atoms with Crippen molar-refractivity contribution in [2.24, 2.45) is 5.92 Å². The Morgan fingerprint density at radius 2 is 1.96 bits per heavy atom. The summed E-state index contributed by atoms with van der Waals surface area (Å²) in [5.74, 6) is 1.02. The molecule has 0 bridgehead atoms. The summed E-state index contributed by atoms with van der Waals surface area (Å²) in [6.45, 7) is 12.4. The first-order valence-electron chi connectivity index (χ1n) is 9.27. The standard InChI is InChI=1S/C20H33N3O2/c1-14(2)13-22-18-7-6-16(12-17(18)21)15-8-10-23(11-9-15)19(24)25-20(3,4)5/h6-7,12,14-15,22H,8-11,13,21H2,1-5H3. The van der Waals surface area contributed by atoms with Gasteiger partial charge in [-0.3, -0.25) is 0 Å². The van der Waals surface area contributed by atoms with Gasteiger partial charge in [0.15, 0.2) is 0 Å². The molecule has 1 aromatic carbocycles. The third-order valence-electron chi connectivity index (χ3n) is 4.39. The molecule has 5 heteroatoms. The zero-order valence-electron chi connectivity index (χ0n) is 16.3. The summed E-state index contributed by atoms with van der Waals surface area (Å²) in [6, 6.07) is 6.32. The lowest BCUT2D eigenvalue weighted by Crippen LogP contribution is -2.41. The van der Waals surface area contributed by atoms with E-state index < -0.39 is 5.60 Å². The Kier molecular flexibility index (Phi) is 6.20. The van der Waals surface area contributed by atoms with Crippen LogP contribution in [0.2, 0.25) is 0 Å². The van der Waals surface area contributed by atoms with E-state index in [0.29, 0.717) is 11.8 Å². The predicted octanol–water partition coefficient (Wildman–Crippen LogP) is 4.45. The molecule has 0 aromatic heterocycles. The Morgan fingerprint density at radius 1 is 1.32 bits per heavy atom. The first kappa shape index (κ1) is 19.4. The number of likely N-dealkylation sites (tertiary alicyclic amines) is 1. The molecule has 2 rings (SSSR count). The highest BCUT2D eigenvalue weighted by Gasteiger charge is 2.27. The van der Waals surface area contributed by atoms with Gasteiger partial charge in [-0.15, -0.1) is 0 Å². The highest BCUT2D eigenvalue weighted by molar-refractivity contribution is 5.69. The Morgan fingerprint density at radius 3 is 2.48 bits per heavy atom. The number of rotatable bonds is 4. The number of nitrogen functional groups attached to an aromatic ring is 1. The van der Waals surface area contributed by atoms with Crippen molar-refractivity contribution in [1.29, 1.82) is 0 Å². The number of ether oxygens (including phenoxy) is 1. The molecule has 0 spiro atoms. The zero-order valence-corrected chi connectivity index (χ0v) is 16.3. The molecule has 1 amide bonds. The average Bonchev–Trinajstić information content (AvgIpc) is 2.52. The summed E-state index contributed by atoms with van der Waals surface area (Å²) in [5, 5.41) is 3.39. The van der Waals surface area contributed by atoms with Crippen LogP contribution in [0.4, 0.5) is 16.2 Å². The molecular weight excluding hydrogens is 314 g/mol. The van der Waals surface area contributed by atoms with Gasteiger partial charge in [0.2, 0.25) is 0 Å². The number of hydrogen-bond acceptors (Lipinski definition) is 4. The summed E-state index contributed by atoms with van der Waals surface area (Å²) in [4.78, 5) is 14.0. The van der Waals surface area contributed by atoms with Gasteiger partial charge in [0, 0.05) is 19.6 Å². The van der Waals surface area contributed by atoms with Crippen LogP contribution in [0.1, 0.15) is 58.9 Å². The normalized spacial score (nSPS) is 16.2. The van der Waals surface area contributed by atoms with Crippen molar-refractivity contribution in [1.82, 2.24) is 4.90 Å². The summed E-state index contributed by atoms with van der Waals surface area (Å²) < 4.78 is 5.46. The maximum atomic E-state index is 12.2. The van der Waals surface area contributed by atoms with Gasteiger partial charge in [0.1, 0.15) is 5.60 Å². The minimum Gasteiger partial charge on any atom is -0.444 e. The van der Waals surface area contributed by atoms with Crippen LogP contribution in [-0.2, 0) is 4.74 Å². The number of amides is 1. The predicted molar refractivity (Wildman–Crippen MR) is 104 cm³/mol. The van der Waals surface area contributed by atoms with E-state index >= 15 is 0 Å². The van der Waals surface area contributed by atoms with E-state index in [2.05, 4.69) is 37.4 Å². The van der Waals surface area contributed by atoms with Crippen LogP contribution < -0.4 is 11.1 Å². The molecule has 1 saturated heterocycles. The highest BCUT2D eigenvalue weighted by atomic mass is 16.6. The lowest BCUT2D eigenvalue weighted by atomic mass is 9.89. The van der Waals surface area contributed by atoms with E-state index in [0.717, 1.165) is 43.9 Å². The number of benzene rings is 1. The van der Waals surface area contributed by atoms with Gasteiger partial charge in [0.25, 0.3) is 0 Å². The Labute approximate surface area is 151 Å². The second-order valence-electron chi connectivity index (χ2n) is 8.36. The fourth-order valence-corrected chi connectivity index (χ4v) is 3.03. The van der Waals surface area contributed by atoms with Gasteiger partial charge in [-0.2, -0.15) is 0 Å². The summed E-state index contributed by atoms with van der Waals surface area (Å²) in [5.41, 5.74) is 8.83. The van der Waals surface area contributed by atoms with E-state index in [9.17, 15) is 4.79 Å². The number of anilines is 2. The van der Waals surface area contributed by atoms with Crippen LogP contribution in [-0.4, -0.2) is 36.2 Å². The molecule has 1 aliphatic heterocycles. The summed E-state index contributed by atoms with van der Waals surface area (Å²) in [7, 11) is 0. The summed E-state index contributed by atoms with van der Waals surface area (Å²) in [6.07, 6.45) is 1.67. The monoisotopic (exact) mass is 347 g/mol. The second kappa shape index (κ2) is 7.98. The largest absolute Gasteiger partial charge is 0.444 e. The quantitative estimate of drug-likeness (QED) is 0.790. The number of nitrogens with one attached hydrogen (secondary N) is 1. The number of carbonyl (C=O) groups excluding carboxylic acids is 1. The molecular formula is C20H33N3O2. The van der Waals surface area contributed by atoms with E-state index in [4.69, 9.17) is 10.5 Å². The van der Waals surface area contributed by atoms with Gasteiger partial charge in [-0.25, -0.2) is 4.79 Å². The minimum atomic E-state index is -0.443. The van der Waals surface area contributed by atoms with Gasteiger partial charge in [-0.05, 0) is 63.1 Å². The Balaban J connectivity index is 1.92. The van der Waals surface area contributed by atoms with Crippen LogP contribution in [0.15, 0.2) is 18.2 Å². The van der Waals surface area contributed by atoms with Crippen LogP contribution in [0.25, 0.3) is 0 Å². The van der Waals surface area contributed by atoms with Crippen molar-refractivity contribution in [2.75, 3.05) is 30.7 Å². The maximum Gasteiger partial charge on any atom is 0.410 e. The molecule has 0 saturated carbocycles. The van der Waals surface area contributed by atoms with Crippen molar-refractivity contribution in [2.45, 2.75) is 59.0 Å². The van der Waals surface area contributed by atoms with Crippen molar-refractivity contribution in [3.63, 3.8) is 0 Å². The van der Waals surface area contributed by atoms with E-state index in [1.807, 2.05) is 25.7 Å². The Bertz CT molecular complexity index is 585. The molecule has 25 heavy (non-hydrogen) atoms. The van der Waals surface area contributed by atoms with Crippen LogP contribution in [0.3, 0.4) is 0 Å². The number of nitrogens with zero attached hydrogens (tertiary/aromatic N) is 1. The Hall–Kier alpha value is -1.91. The molecule has 1 aromatic rings. The third-order valence-corrected chi connectivity index (χ3v) is 4.39. The van der Waals surface area contributed by atoms with Gasteiger partial charge < -0.3 is 20.7 Å². The molecule has 5 nitrogen and oxygen atoms in total. The lowest BCUT2D eigenvalue weighted by Gasteiger charge is -2.33. The van der Waals surface area contributed by atoms with Crippen LogP contribution in [0, 0.1) is 5.92 Å². The average molecular weight is 348 g/mol. The molecule has 0 atom stereocenters. The molecule has 0 radical (unpaired) electrons.